The van der Waals surface area contributed by atoms with E-state index in [4.69, 9.17) is 4.74 Å². The van der Waals surface area contributed by atoms with Gasteiger partial charge in [0.2, 0.25) is 0 Å². The summed E-state index contributed by atoms with van der Waals surface area (Å²) in [6.45, 7) is 0.323. The Balaban J connectivity index is 2.08. The van der Waals surface area contributed by atoms with E-state index in [1.807, 2.05) is 36.4 Å². The van der Waals surface area contributed by atoms with E-state index in [-0.39, 0.29) is 6.61 Å². The van der Waals surface area contributed by atoms with Crippen molar-refractivity contribution in [2.24, 2.45) is 0 Å². The van der Waals surface area contributed by atoms with Crippen molar-refractivity contribution in [2.75, 3.05) is 0 Å². The molecule has 0 spiro atoms. The van der Waals surface area contributed by atoms with E-state index in [1.165, 1.54) is 0 Å². The van der Waals surface area contributed by atoms with E-state index in [2.05, 4.69) is 0 Å². The van der Waals surface area contributed by atoms with E-state index in [0.717, 1.165) is 17.4 Å². The maximum atomic E-state index is 10.7. The Morgan fingerprint density at radius 2 is 1.94 bits per heavy atom. The molecule has 2 aromatic carbocycles. The Labute approximate surface area is 106 Å². The van der Waals surface area contributed by atoms with Crippen LogP contribution in [0.3, 0.4) is 0 Å². The molecular formula is C15H14O3. The highest BCUT2D eigenvalue weighted by atomic mass is 16.5. The van der Waals surface area contributed by atoms with Gasteiger partial charge in [0.1, 0.15) is 18.6 Å². The second kappa shape index (κ2) is 5.98. The summed E-state index contributed by atoms with van der Waals surface area (Å²) in [5.41, 5.74) is 2.31. The van der Waals surface area contributed by atoms with Crippen molar-refractivity contribution in [3.05, 3.63) is 65.2 Å². The van der Waals surface area contributed by atoms with Gasteiger partial charge in [0, 0.05) is 11.1 Å². The molecule has 92 valence electrons. The van der Waals surface area contributed by atoms with E-state index in [0.29, 0.717) is 17.9 Å². The van der Waals surface area contributed by atoms with Crippen molar-refractivity contribution < 1.29 is 14.6 Å². The highest BCUT2D eigenvalue weighted by Crippen LogP contribution is 2.19. The van der Waals surface area contributed by atoms with Crippen LogP contribution in [-0.4, -0.2) is 11.4 Å². The fourth-order valence-electron chi connectivity index (χ4n) is 1.69. The van der Waals surface area contributed by atoms with Gasteiger partial charge in [-0.3, -0.25) is 4.79 Å². The zero-order chi connectivity index (χ0) is 12.8. The molecule has 3 nitrogen and oxygen atoms in total. The number of benzene rings is 2. The highest BCUT2D eigenvalue weighted by molar-refractivity contribution is 5.74. The molecule has 1 N–H and O–H groups in total. The number of ether oxygens (including phenoxy) is 1. The minimum absolute atomic E-state index is 0.0510. The number of para-hydroxylation sites is 1. The van der Waals surface area contributed by atoms with Gasteiger partial charge in [0.05, 0.1) is 6.61 Å². The second-order valence-electron chi connectivity index (χ2n) is 3.92. The first-order valence-corrected chi connectivity index (χ1v) is 5.69. The Kier molecular flexibility index (Phi) is 4.10. The van der Waals surface area contributed by atoms with Crippen molar-refractivity contribution in [2.45, 2.75) is 13.2 Å². The monoisotopic (exact) mass is 242 g/mol. The summed E-state index contributed by atoms with van der Waals surface area (Å²) in [4.78, 5) is 10.7. The van der Waals surface area contributed by atoms with Gasteiger partial charge in [0.25, 0.3) is 0 Å². The molecule has 0 saturated heterocycles. The first kappa shape index (κ1) is 12.3. The standard InChI is InChI=1S/C15H14O3/c16-9-12-4-3-5-13(8-12)11-18-15-7-2-1-6-14(15)10-17/h1-9,17H,10-11H2. The van der Waals surface area contributed by atoms with Gasteiger partial charge in [-0.25, -0.2) is 0 Å². The van der Waals surface area contributed by atoms with Gasteiger partial charge in [-0.1, -0.05) is 36.4 Å². The number of aldehydes is 1. The molecule has 0 radical (unpaired) electrons. The van der Waals surface area contributed by atoms with Crippen molar-refractivity contribution in [1.29, 1.82) is 0 Å². The number of hydrogen-bond donors (Lipinski definition) is 1. The van der Waals surface area contributed by atoms with E-state index < -0.39 is 0 Å². The summed E-state index contributed by atoms with van der Waals surface area (Å²) in [6.07, 6.45) is 0.811. The van der Waals surface area contributed by atoms with Crippen LogP contribution in [0.5, 0.6) is 5.75 Å². The van der Waals surface area contributed by atoms with Crippen molar-refractivity contribution in [3.8, 4) is 5.75 Å². The number of carbonyl (C=O) groups excluding carboxylic acids is 1. The van der Waals surface area contributed by atoms with Crippen LogP contribution < -0.4 is 4.74 Å². The van der Waals surface area contributed by atoms with Crippen LogP contribution in [0.15, 0.2) is 48.5 Å². The topological polar surface area (TPSA) is 46.5 Å². The molecule has 0 aromatic heterocycles. The number of aliphatic hydroxyl groups excluding tert-OH is 1. The lowest BCUT2D eigenvalue weighted by Gasteiger charge is -2.10. The Bertz CT molecular complexity index is 535. The van der Waals surface area contributed by atoms with Gasteiger partial charge in [-0.2, -0.15) is 0 Å². The van der Waals surface area contributed by atoms with Crippen molar-refractivity contribution >= 4 is 6.29 Å². The summed E-state index contributed by atoms with van der Waals surface area (Å²) < 4.78 is 5.64. The number of carbonyl (C=O) groups is 1. The van der Waals surface area contributed by atoms with Crippen LogP contribution in [0.1, 0.15) is 21.5 Å². The lowest BCUT2D eigenvalue weighted by atomic mass is 10.1. The minimum Gasteiger partial charge on any atom is -0.489 e. The van der Waals surface area contributed by atoms with Gasteiger partial charge in [-0.15, -0.1) is 0 Å². The molecule has 0 aliphatic carbocycles. The molecule has 0 fully saturated rings. The molecule has 0 amide bonds. The third-order valence-corrected chi connectivity index (χ3v) is 2.62. The van der Waals surface area contributed by atoms with E-state index >= 15 is 0 Å². The molecule has 3 heteroatoms. The maximum Gasteiger partial charge on any atom is 0.150 e. The Hall–Kier alpha value is -2.13. The molecule has 0 atom stereocenters. The minimum atomic E-state index is -0.0510. The smallest absolute Gasteiger partial charge is 0.150 e. The molecule has 0 heterocycles. The average molecular weight is 242 g/mol. The number of aliphatic hydroxyl groups is 1. The Morgan fingerprint density at radius 3 is 2.72 bits per heavy atom. The molecule has 0 aliphatic rings. The van der Waals surface area contributed by atoms with Gasteiger partial charge < -0.3 is 9.84 Å². The SMILES string of the molecule is O=Cc1cccc(COc2ccccc2CO)c1. The summed E-state index contributed by atoms with van der Waals surface area (Å²) in [5, 5.41) is 9.17. The molecule has 2 rings (SSSR count). The zero-order valence-corrected chi connectivity index (χ0v) is 9.87. The van der Waals surface area contributed by atoms with Crippen LogP contribution in [0, 0.1) is 0 Å². The maximum absolute atomic E-state index is 10.7. The lowest BCUT2D eigenvalue weighted by Crippen LogP contribution is -1.99. The zero-order valence-electron chi connectivity index (χ0n) is 9.87. The first-order chi connectivity index (χ1) is 8.83. The third kappa shape index (κ3) is 2.96. The molecule has 0 aliphatic heterocycles. The third-order valence-electron chi connectivity index (χ3n) is 2.62. The van der Waals surface area contributed by atoms with Crippen LogP contribution >= 0.6 is 0 Å². The lowest BCUT2D eigenvalue weighted by molar-refractivity contribution is 0.112. The molecule has 0 bridgehead atoms. The predicted octanol–water partition coefficient (Wildman–Crippen LogP) is 2.57. The predicted molar refractivity (Wildman–Crippen MR) is 68.5 cm³/mol. The fraction of sp³-hybridized carbons (Fsp3) is 0.133. The highest BCUT2D eigenvalue weighted by Gasteiger charge is 2.02. The molecule has 0 saturated carbocycles. The summed E-state index contributed by atoms with van der Waals surface area (Å²) in [5.74, 6) is 0.663. The summed E-state index contributed by atoms with van der Waals surface area (Å²) >= 11 is 0. The molecular weight excluding hydrogens is 228 g/mol. The molecule has 18 heavy (non-hydrogen) atoms. The van der Waals surface area contributed by atoms with Gasteiger partial charge in [-0.05, 0) is 17.7 Å². The summed E-state index contributed by atoms with van der Waals surface area (Å²) in [7, 11) is 0. The van der Waals surface area contributed by atoms with Crippen LogP contribution in [-0.2, 0) is 13.2 Å². The van der Waals surface area contributed by atoms with Gasteiger partial charge in [0.15, 0.2) is 0 Å². The quantitative estimate of drug-likeness (QED) is 0.820. The fourth-order valence-corrected chi connectivity index (χ4v) is 1.69. The van der Waals surface area contributed by atoms with Crippen LogP contribution in [0.2, 0.25) is 0 Å². The van der Waals surface area contributed by atoms with E-state index in [9.17, 15) is 9.90 Å². The number of rotatable bonds is 5. The van der Waals surface area contributed by atoms with E-state index in [1.54, 1.807) is 12.1 Å². The largest absolute Gasteiger partial charge is 0.489 e. The van der Waals surface area contributed by atoms with Crippen LogP contribution in [0.25, 0.3) is 0 Å². The summed E-state index contributed by atoms with van der Waals surface area (Å²) in [6, 6.07) is 14.6. The first-order valence-electron chi connectivity index (χ1n) is 5.69. The normalized spacial score (nSPS) is 10.1. The number of hydrogen-bond acceptors (Lipinski definition) is 3. The molecule has 2 aromatic rings. The average Bonchev–Trinajstić information content (AvgIpc) is 2.45. The Morgan fingerprint density at radius 1 is 1.11 bits per heavy atom. The van der Waals surface area contributed by atoms with Crippen molar-refractivity contribution in [1.82, 2.24) is 0 Å². The second-order valence-corrected chi connectivity index (χ2v) is 3.92. The van der Waals surface area contributed by atoms with Crippen LogP contribution in [0.4, 0.5) is 0 Å². The molecule has 0 unspecified atom stereocenters. The van der Waals surface area contributed by atoms with Gasteiger partial charge >= 0.3 is 0 Å². The van der Waals surface area contributed by atoms with Crippen molar-refractivity contribution in [3.63, 3.8) is 0 Å².